The van der Waals surface area contributed by atoms with Gasteiger partial charge in [-0.15, -0.1) is 11.3 Å². The molecular formula is C20H17F3N4O3S. The zero-order chi connectivity index (χ0) is 22.6. The zero-order valence-corrected chi connectivity index (χ0v) is 16.7. The molecule has 0 radical (unpaired) electrons. The summed E-state index contributed by atoms with van der Waals surface area (Å²) in [6.07, 6.45) is -4.34. The van der Waals surface area contributed by atoms with Gasteiger partial charge in [0.15, 0.2) is 5.82 Å². The number of carbonyl (C=O) groups is 2. The number of nitrogens with one attached hydrogen (secondary N) is 1. The van der Waals surface area contributed by atoms with Crippen molar-refractivity contribution >= 4 is 28.7 Å². The average Bonchev–Trinajstić information content (AvgIpc) is 3.25. The highest BCUT2D eigenvalue weighted by atomic mass is 32.1. The summed E-state index contributed by atoms with van der Waals surface area (Å²) in [5.41, 5.74) is 5.10. The highest BCUT2D eigenvalue weighted by molar-refractivity contribution is 7.13. The van der Waals surface area contributed by atoms with Crippen molar-refractivity contribution in [1.29, 1.82) is 0 Å². The molecule has 1 atom stereocenters. The van der Waals surface area contributed by atoms with E-state index in [1.807, 2.05) is 0 Å². The molecule has 0 aliphatic rings. The Morgan fingerprint density at radius 2 is 1.87 bits per heavy atom. The van der Waals surface area contributed by atoms with Gasteiger partial charge >= 0.3 is 6.18 Å². The first-order valence-corrected chi connectivity index (χ1v) is 9.88. The predicted octanol–water partition coefficient (Wildman–Crippen LogP) is 2.41. The summed E-state index contributed by atoms with van der Waals surface area (Å²) in [5, 5.41) is 3.84. The number of hydrogen-bond acceptors (Lipinski definition) is 6. The second-order valence-corrected chi connectivity index (χ2v) is 7.53. The number of halogens is 3. The molecule has 1 amide bonds. The van der Waals surface area contributed by atoms with Gasteiger partial charge in [0.25, 0.3) is 11.3 Å². The van der Waals surface area contributed by atoms with E-state index >= 15 is 0 Å². The summed E-state index contributed by atoms with van der Waals surface area (Å²) in [7, 11) is 0. The summed E-state index contributed by atoms with van der Waals surface area (Å²) >= 11 is 1.26. The first kappa shape index (κ1) is 22.2. The molecule has 3 rings (SSSR count). The Morgan fingerprint density at radius 1 is 1.16 bits per heavy atom. The van der Waals surface area contributed by atoms with Crippen molar-refractivity contribution in [3.8, 4) is 10.7 Å². The molecule has 0 spiro atoms. The summed E-state index contributed by atoms with van der Waals surface area (Å²) in [5.74, 6) is -2.89. The van der Waals surface area contributed by atoms with Crippen LogP contribution >= 0.6 is 11.3 Å². The third kappa shape index (κ3) is 5.37. The Morgan fingerprint density at radius 3 is 2.48 bits per heavy atom. The Bertz CT molecular complexity index is 1130. The number of nitrogen functional groups attached to an aromatic ring is 1. The van der Waals surface area contributed by atoms with Crippen molar-refractivity contribution in [1.82, 2.24) is 14.9 Å². The van der Waals surface area contributed by atoms with Crippen LogP contribution in [0.1, 0.15) is 5.56 Å². The van der Waals surface area contributed by atoms with E-state index < -0.39 is 36.0 Å². The van der Waals surface area contributed by atoms with Crippen LogP contribution < -0.4 is 16.6 Å². The van der Waals surface area contributed by atoms with Gasteiger partial charge in [-0.1, -0.05) is 36.4 Å². The lowest BCUT2D eigenvalue weighted by molar-refractivity contribution is -0.173. The molecule has 1 aromatic carbocycles. The molecule has 0 aliphatic heterocycles. The fourth-order valence-corrected chi connectivity index (χ4v) is 3.63. The monoisotopic (exact) mass is 450 g/mol. The molecule has 0 fully saturated rings. The normalized spacial score (nSPS) is 12.4. The van der Waals surface area contributed by atoms with E-state index in [9.17, 15) is 27.6 Å². The van der Waals surface area contributed by atoms with Gasteiger partial charge < -0.3 is 11.1 Å². The maximum absolute atomic E-state index is 13.1. The lowest BCUT2D eigenvalue weighted by Gasteiger charge is -2.20. The van der Waals surface area contributed by atoms with Gasteiger partial charge in [-0.05, 0) is 17.0 Å². The molecule has 7 nitrogen and oxygen atoms in total. The van der Waals surface area contributed by atoms with Gasteiger partial charge in [0.1, 0.15) is 18.3 Å². The average molecular weight is 450 g/mol. The van der Waals surface area contributed by atoms with Crippen molar-refractivity contribution in [2.75, 3.05) is 5.73 Å². The van der Waals surface area contributed by atoms with E-state index in [2.05, 4.69) is 10.3 Å². The molecule has 0 aliphatic carbocycles. The van der Waals surface area contributed by atoms with Crippen LogP contribution in [0.4, 0.5) is 18.9 Å². The lowest BCUT2D eigenvalue weighted by Crippen LogP contribution is -2.49. The highest BCUT2D eigenvalue weighted by Gasteiger charge is 2.43. The smallest absolute Gasteiger partial charge is 0.393 e. The summed E-state index contributed by atoms with van der Waals surface area (Å²) in [6.45, 7) is -0.652. The maximum Gasteiger partial charge on any atom is 0.452 e. The first-order valence-electron chi connectivity index (χ1n) is 9.00. The van der Waals surface area contributed by atoms with Crippen molar-refractivity contribution in [3.05, 3.63) is 70.0 Å². The number of thiophene rings is 1. The number of hydrogen-bond donors (Lipinski definition) is 2. The number of benzene rings is 1. The van der Waals surface area contributed by atoms with Gasteiger partial charge in [-0.3, -0.25) is 19.0 Å². The summed E-state index contributed by atoms with van der Waals surface area (Å²) in [4.78, 5) is 41.6. The topological polar surface area (TPSA) is 107 Å². The Balaban J connectivity index is 1.87. The predicted molar refractivity (Wildman–Crippen MR) is 109 cm³/mol. The minimum Gasteiger partial charge on any atom is -0.393 e. The van der Waals surface area contributed by atoms with Crippen LogP contribution in [0.25, 0.3) is 10.7 Å². The van der Waals surface area contributed by atoms with Crippen molar-refractivity contribution < 1.29 is 22.8 Å². The maximum atomic E-state index is 13.1. The second kappa shape index (κ2) is 9.13. The molecule has 3 N–H and O–H groups in total. The number of Topliss-reactive ketones (excluding diaryl/α,β-unsaturated/α-hetero) is 1. The fourth-order valence-electron chi connectivity index (χ4n) is 2.90. The van der Waals surface area contributed by atoms with Crippen molar-refractivity contribution in [2.24, 2.45) is 0 Å². The molecule has 2 heterocycles. The van der Waals surface area contributed by atoms with E-state index in [-0.39, 0.29) is 17.9 Å². The molecule has 0 bridgehead atoms. The number of nitrogens with two attached hydrogens (primary N) is 1. The van der Waals surface area contributed by atoms with Gasteiger partial charge in [0, 0.05) is 6.42 Å². The lowest BCUT2D eigenvalue weighted by atomic mass is 10.0. The van der Waals surface area contributed by atoms with E-state index in [1.165, 1.54) is 11.3 Å². The first-order chi connectivity index (χ1) is 14.7. The molecule has 2 aromatic heterocycles. The molecular weight excluding hydrogens is 433 g/mol. The second-order valence-electron chi connectivity index (χ2n) is 6.58. The fraction of sp³-hybridized carbons (Fsp3) is 0.200. The molecule has 162 valence electrons. The SMILES string of the molecule is Nc1cnc(-c2cccs2)n(CC(=O)NC(Cc2ccccc2)C(=O)C(F)(F)F)c1=O. The van der Waals surface area contributed by atoms with Crippen LogP contribution in [-0.4, -0.2) is 33.5 Å². The van der Waals surface area contributed by atoms with Crippen molar-refractivity contribution in [3.63, 3.8) is 0 Å². The van der Waals surface area contributed by atoms with Gasteiger partial charge in [0.05, 0.1) is 11.1 Å². The Hall–Kier alpha value is -3.47. The van der Waals surface area contributed by atoms with Crippen LogP contribution in [0, 0.1) is 0 Å². The summed E-state index contributed by atoms with van der Waals surface area (Å²) < 4.78 is 40.2. The number of amides is 1. The molecule has 3 aromatic rings. The Labute approximate surface area is 178 Å². The van der Waals surface area contributed by atoms with Crippen LogP contribution in [0.2, 0.25) is 0 Å². The van der Waals surface area contributed by atoms with Crippen LogP contribution in [-0.2, 0) is 22.6 Å². The number of alkyl halides is 3. The number of nitrogens with zero attached hydrogens (tertiary/aromatic N) is 2. The minimum absolute atomic E-state index is 0.145. The van der Waals surface area contributed by atoms with E-state index in [1.54, 1.807) is 47.8 Å². The highest BCUT2D eigenvalue weighted by Crippen LogP contribution is 2.22. The molecule has 1 unspecified atom stereocenters. The number of carbonyl (C=O) groups excluding carboxylic acids is 2. The molecule has 11 heteroatoms. The third-order valence-corrected chi connectivity index (χ3v) is 5.20. The Kier molecular flexibility index (Phi) is 6.54. The molecule has 0 saturated carbocycles. The van der Waals surface area contributed by atoms with Crippen LogP contribution in [0.3, 0.4) is 0 Å². The van der Waals surface area contributed by atoms with Gasteiger partial charge in [-0.25, -0.2) is 4.98 Å². The molecule has 31 heavy (non-hydrogen) atoms. The van der Waals surface area contributed by atoms with Crippen molar-refractivity contribution in [2.45, 2.75) is 25.2 Å². The minimum atomic E-state index is -5.13. The molecule has 0 saturated heterocycles. The largest absolute Gasteiger partial charge is 0.452 e. The van der Waals surface area contributed by atoms with Crippen LogP contribution in [0.5, 0.6) is 0 Å². The quantitative estimate of drug-likeness (QED) is 0.575. The van der Waals surface area contributed by atoms with Gasteiger partial charge in [-0.2, -0.15) is 13.2 Å². The number of aromatic nitrogens is 2. The third-order valence-electron chi connectivity index (χ3n) is 4.33. The number of ketones is 1. The van der Waals surface area contributed by atoms with Gasteiger partial charge in [0.2, 0.25) is 5.91 Å². The van der Waals surface area contributed by atoms with E-state index in [4.69, 9.17) is 5.73 Å². The number of anilines is 1. The van der Waals surface area contributed by atoms with Crippen LogP contribution in [0.15, 0.2) is 58.8 Å². The summed E-state index contributed by atoms with van der Waals surface area (Å²) in [6, 6.07) is 9.52. The standard InChI is InChI=1S/C20H17F3N4O3S/c21-20(22,23)17(29)14(9-12-5-2-1-3-6-12)26-16(28)11-27-18(15-7-4-8-31-15)25-10-13(24)19(27)30/h1-8,10,14H,9,11,24H2,(H,26,28). The van der Waals surface area contributed by atoms with E-state index in [0.717, 1.165) is 10.8 Å². The zero-order valence-electron chi connectivity index (χ0n) is 15.9. The number of rotatable bonds is 7. The van der Waals surface area contributed by atoms with E-state index in [0.29, 0.717) is 10.4 Å².